The molecular formula is C21H23N3O5S2. The first kappa shape index (κ1) is 20.5. The lowest BCUT2D eigenvalue weighted by molar-refractivity contribution is -0.135. The number of methoxy groups -OCH3 is 1. The molecule has 2 aliphatic heterocycles. The summed E-state index contributed by atoms with van der Waals surface area (Å²) in [6.07, 6.45) is 0. The Morgan fingerprint density at radius 3 is 2.71 bits per heavy atom. The summed E-state index contributed by atoms with van der Waals surface area (Å²) in [7, 11) is -1.98. The van der Waals surface area contributed by atoms with Crippen LogP contribution in [-0.4, -0.2) is 67.0 Å². The van der Waals surface area contributed by atoms with Crippen LogP contribution in [0.4, 0.5) is 0 Å². The van der Waals surface area contributed by atoms with Crippen molar-refractivity contribution in [2.24, 2.45) is 0 Å². The first-order chi connectivity index (χ1) is 14.8. The van der Waals surface area contributed by atoms with Crippen molar-refractivity contribution in [3.8, 4) is 5.75 Å². The fraction of sp³-hybridized carbons (Fsp3) is 0.381. The van der Waals surface area contributed by atoms with E-state index in [0.29, 0.717) is 16.5 Å². The maximum Gasteiger partial charge on any atom is 0.252 e. The molecule has 2 aliphatic rings. The van der Waals surface area contributed by atoms with E-state index in [2.05, 4.69) is 4.98 Å². The summed E-state index contributed by atoms with van der Waals surface area (Å²) in [6.45, 7) is 2.17. The van der Waals surface area contributed by atoms with Gasteiger partial charge in [-0.1, -0.05) is 6.07 Å². The second kappa shape index (κ2) is 7.06. The third kappa shape index (κ3) is 2.93. The Labute approximate surface area is 184 Å². The van der Waals surface area contributed by atoms with Crippen molar-refractivity contribution < 1.29 is 23.1 Å². The first-order valence-electron chi connectivity index (χ1n) is 9.92. The van der Waals surface area contributed by atoms with E-state index in [9.17, 15) is 18.3 Å². The zero-order valence-electron chi connectivity index (χ0n) is 17.2. The molecule has 2 N–H and O–H groups in total. The average Bonchev–Trinajstić information content (AvgIpc) is 3.38. The van der Waals surface area contributed by atoms with E-state index in [1.165, 1.54) is 22.6 Å². The molecule has 164 valence electrons. The van der Waals surface area contributed by atoms with Gasteiger partial charge in [-0.3, -0.25) is 4.79 Å². The largest absolute Gasteiger partial charge is 0.497 e. The summed E-state index contributed by atoms with van der Waals surface area (Å²) in [4.78, 5) is 17.5. The third-order valence-corrected chi connectivity index (χ3v) is 9.54. The van der Waals surface area contributed by atoms with Gasteiger partial charge in [-0.2, -0.15) is 4.31 Å². The topological polar surface area (TPSA) is 103 Å². The molecule has 1 atom stereocenters. The van der Waals surface area contributed by atoms with Crippen LogP contribution in [0.25, 0.3) is 10.9 Å². The summed E-state index contributed by atoms with van der Waals surface area (Å²) >= 11 is 1.20. The Hall–Kier alpha value is -2.40. The standard InChI is InChI=1S/C21H23N3O5S2/c1-13(26)24-12-21(10-23(11-21)31(27,28)18-4-3-7-30-18)19-15-6-5-14(29-2)8-16(15)22-20(19)17(24)9-25/h3-8,17,22,25H,9-12H2,1-2H3/t17-/m1/s1. The van der Waals surface area contributed by atoms with Gasteiger partial charge < -0.3 is 19.7 Å². The van der Waals surface area contributed by atoms with Crippen molar-refractivity contribution in [2.45, 2.75) is 22.6 Å². The zero-order valence-corrected chi connectivity index (χ0v) is 18.8. The number of nitrogens with zero attached hydrogens (tertiary/aromatic N) is 2. The number of H-pyrrole nitrogens is 1. The Balaban J connectivity index is 1.63. The monoisotopic (exact) mass is 461 g/mol. The van der Waals surface area contributed by atoms with Crippen LogP contribution in [0.1, 0.15) is 24.2 Å². The zero-order chi connectivity index (χ0) is 22.0. The number of aliphatic hydroxyl groups excluding tert-OH is 1. The molecule has 1 aromatic carbocycles. The van der Waals surface area contributed by atoms with Crippen LogP contribution < -0.4 is 4.74 Å². The van der Waals surface area contributed by atoms with E-state index in [4.69, 9.17) is 4.74 Å². The molecule has 1 spiro atoms. The number of hydrogen-bond acceptors (Lipinski definition) is 6. The molecule has 8 nitrogen and oxygen atoms in total. The molecule has 0 radical (unpaired) electrons. The number of aromatic amines is 1. The van der Waals surface area contributed by atoms with Gasteiger partial charge in [-0.05, 0) is 29.1 Å². The van der Waals surface area contributed by atoms with E-state index >= 15 is 0 Å². The lowest BCUT2D eigenvalue weighted by atomic mass is 9.70. The van der Waals surface area contributed by atoms with E-state index < -0.39 is 21.5 Å². The molecular weight excluding hydrogens is 438 g/mol. The molecule has 10 heteroatoms. The van der Waals surface area contributed by atoms with Crippen molar-refractivity contribution in [1.29, 1.82) is 0 Å². The van der Waals surface area contributed by atoms with Crippen molar-refractivity contribution in [3.05, 3.63) is 47.0 Å². The van der Waals surface area contributed by atoms with Crippen LogP contribution in [0, 0.1) is 0 Å². The first-order valence-corrected chi connectivity index (χ1v) is 12.2. The van der Waals surface area contributed by atoms with Gasteiger partial charge in [0.2, 0.25) is 5.91 Å². The Bertz CT molecular complexity index is 1260. The summed E-state index contributed by atoms with van der Waals surface area (Å²) in [5.74, 6) is 0.541. The van der Waals surface area contributed by atoms with Crippen LogP contribution in [0.3, 0.4) is 0 Å². The number of benzene rings is 1. The minimum absolute atomic E-state index is 0.153. The van der Waals surface area contributed by atoms with Crippen molar-refractivity contribution in [1.82, 2.24) is 14.2 Å². The number of fused-ring (bicyclic) bond motifs is 4. The number of amides is 1. The highest BCUT2D eigenvalue weighted by Crippen LogP contribution is 2.49. The van der Waals surface area contributed by atoms with Crippen molar-refractivity contribution in [2.75, 3.05) is 33.4 Å². The lowest BCUT2D eigenvalue weighted by Gasteiger charge is -2.55. The number of hydrogen-bond donors (Lipinski definition) is 2. The van der Waals surface area contributed by atoms with Crippen LogP contribution in [-0.2, 0) is 20.2 Å². The number of aromatic nitrogens is 1. The second-order valence-electron chi connectivity index (χ2n) is 8.16. The number of thiophene rings is 1. The van der Waals surface area contributed by atoms with Crippen LogP contribution >= 0.6 is 11.3 Å². The number of nitrogens with one attached hydrogen (secondary N) is 1. The maximum atomic E-state index is 13.0. The molecule has 5 rings (SSSR count). The molecule has 0 saturated carbocycles. The lowest BCUT2D eigenvalue weighted by Crippen LogP contribution is -2.67. The predicted molar refractivity (Wildman–Crippen MR) is 117 cm³/mol. The molecule has 0 bridgehead atoms. The fourth-order valence-corrected chi connectivity index (χ4v) is 7.69. The van der Waals surface area contributed by atoms with Gasteiger partial charge in [0.05, 0.1) is 19.8 Å². The van der Waals surface area contributed by atoms with Crippen LogP contribution in [0.15, 0.2) is 39.9 Å². The van der Waals surface area contributed by atoms with Gasteiger partial charge in [-0.15, -0.1) is 11.3 Å². The van der Waals surface area contributed by atoms with Crippen LogP contribution in [0.2, 0.25) is 0 Å². The van der Waals surface area contributed by atoms with Gasteiger partial charge in [0, 0.05) is 54.6 Å². The van der Waals surface area contributed by atoms with Crippen LogP contribution in [0.5, 0.6) is 5.75 Å². The van der Waals surface area contributed by atoms with E-state index in [-0.39, 0.29) is 25.6 Å². The number of ether oxygens (including phenoxy) is 1. The molecule has 31 heavy (non-hydrogen) atoms. The Morgan fingerprint density at radius 2 is 2.10 bits per heavy atom. The normalized spacial score (nSPS) is 20.6. The van der Waals surface area contributed by atoms with Crippen molar-refractivity contribution in [3.63, 3.8) is 0 Å². The molecule has 1 fully saturated rings. The molecule has 3 aromatic rings. The minimum atomic E-state index is -3.57. The number of sulfonamides is 1. The Morgan fingerprint density at radius 1 is 1.32 bits per heavy atom. The summed E-state index contributed by atoms with van der Waals surface area (Å²) in [5.41, 5.74) is 2.05. The second-order valence-corrected chi connectivity index (χ2v) is 11.3. The van der Waals surface area contributed by atoms with Gasteiger partial charge in [0.15, 0.2) is 0 Å². The molecule has 2 aromatic heterocycles. The molecule has 1 saturated heterocycles. The predicted octanol–water partition coefficient (Wildman–Crippen LogP) is 2.08. The van der Waals surface area contributed by atoms with E-state index in [1.807, 2.05) is 18.2 Å². The summed E-state index contributed by atoms with van der Waals surface area (Å²) < 4.78 is 33.2. The molecule has 0 aliphatic carbocycles. The Kier molecular flexibility index (Phi) is 4.67. The summed E-state index contributed by atoms with van der Waals surface area (Å²) in [6, 6.07) is 8.54. The maximum absolute atomic E-state index is 13.0. The van der Waals surface area contributed by atoms with Gasteiger partial charge in [-0.25, -0.2) is 8.42 Å². The van der Waals surface area contributed by atoms with E-state index in [1.54, 1.807) is 29.5 Å². The van der Waals surface area contributed by atoms with Gasteiger partial charge >= 0.3 is 0 Å². The van der Waals surface area contributed by atoms with Gasteiger partial charge in [0.25, 0.3) is 10.0 Å². The fourth-order valence-electron chi connectivity index (χ4n) is 4.93. The summed E-state index contributed by atoms with van der Waals surface area (Å²) in [5, 5.41) is 12.8. The molecule has 1 amide bonds. The average molecular weight is 462 g/mol. The number of aliphatic hydroxyl groups is 1. The highest BCUT2D eigenvalue weighted by Gasteiger charge is 2.56. The molecule has 4 heterocycles. The molecule has 0 unspecified atom stereocenters. The number of carbonyl (C=O) groups is 1. The number of carbonyl (C=O) groups excluding carboxylic acids is 1. The number of rotatable bonds is 4. The highest BCUT2D eigenvalue weighted by atomic mass is 32.2. The SMILES string of the molecule is COc1ccc2c3c([nH]c2c1)[C@@H](CO)N(C(C)=O)CC31CN(S(=O)(=O)c2cccs2)C1. The van der Waals surface area contributed by atoms with Crippen molar-refractivity contribution >= 4 is 38.2 Å². The van der Waals surface area contributed by atoms with Gasteiger partial charge in [0.1, 0.15) is 9.96 Å². The minimum Gasteiger partial charge on any atom is -0.497 e. The quantitative estimate of drug-likeness (QED) is 0.619. The van der Waals surface area contributed by atoms with E-state index in [0.717, 1.165) is 22.2 Å². The smallest absolute Gasteiger partial charge is 0.252 e. The third-order valence-electron chi connectivity index (χ3n) is 6.37. The highest BCUT2D eigenvalue weighted by molar-refractivity contribution is 7.91.